The van der Waals surface area contributed by atoms with Gasteiger partial charge in [0, 0.05) is 41.3 Å². The number of likely N-dealkylation sites (tertiary alicyclic amines) is 1. The summed E-state index contributed by atoms with van der Waals surface area (Å²) in [7, 11) is 3.71. The Morgan fingerprint density at radius 2 is 1.43 bits per heavy atom. The van der Waals surface area contributed by atoms with E-state index in [-0.39, 0.29) is 42.4 Å². The second-order valence-corrected chi connectivity index (χ2v) is 21.9. The molecule has 0 unspecified atom stereocenters. The Morgan fingerprint density at radius 3 is 1.93 bits per heavy atom. The van der Waals surface area contributed by atoms with Crippen molar-refractivity contribution in [3.05, 3.63) is 29.8 Å². The van der Waals surface area contributed by atoms with Crippen LogP contribution in [0.25, 0.3) is 0 Å². The van der Waals surface area contributed by atoms with Gasteiger partial charge < -0.3 is 39.4 Å². The van der Waals surface area contributed by atoms with Crippen LogP contribution < -0.4 is 20.1 Å². The highest BCUT2D eigenvalue weighted by molar-refractivity contribution is 7.90. The van der Waals surface area contributed by atoms with Crippen molar-refractivity contribution in [2.75, 3.05) is 42.0 Å². The number of likely N-dealkylation sites (N-methyl/N-ethyl adjacent to an activating group) is 2. The third-order valence-corrected chi connectivity index (χ3v) is 14.8. The lowest BCUT2D eigenvalue weighted by atomic mass is 9.89. The zero-order valence-corrected chi connectivity index (χ0v) is 43.4. The SMILES string of the molecule is CC[C@H](C)[C@@H]([C@@H](CC(=O)N1CCC[C@H]1[C@H](OC)[C@@H](C)C(=O)N[C@@H](Cc1ccc(OC)cc1)C(=O)NS(=O)(=O)C1CC1)OC)N(C)C(=O)[C@@H](NC(=O)[C@H](C(C)C)N(C)C(=O)OC(C)(C)C)C(C)C. The molecule has 0 radical (unpaired) electrons. The minimum Gasteiger partial charge on any atom is -0.497 e. The summed E-state index contributed by atoms with van der Waals surface area (Å²) < 4.78 is 50.5. The van der Waals surface area contributed by atoms with Gasteiger partial charge in [-0.05, 0) is 81.9 Å². The number of benzene rings is 1. The van der Waals surface area contributed by atoms with Gasteiger partial charge in [0.15, 0.2) is 0 Å². The zero-order chi connectivity index (χ0) is 50.7. The number of carbonyl (C=O) groups excluding carboxylic acids is 6. The minimum absolute atomic E-state index is 0.00105. The van der Waals surface area contributed by atoms with E-state index in [4.69, 9.17) is 18.9 Å². The molecule has 67 heavy (non-hydrogen) atoms. The number of carbonyl (C=O) groups is 6. The monoisotopic (exact) mass is 965 g/mol. The Hall–Kier alpha value is -4.49. The van der Waals surface area contributed by atoms with Crippen LogP contribution in [-0.2, 0) is 54.6 Å². The first-order chi connectivity index (χ1) is 31.2. The van der Waals surface area contributed by atoms with Crippen LogP contribution in [0.3, 0.4) is 0 Å². The third kappa shape index (κ3) is 15.5. The smallest absolute Gasteiger partial charge is 0.410 e. The van der Waals surface area contributed by atoms with Crippen LogP contribution in [0.4, 0.5) is 4.79 Å². The van der Waals surface area contributed by atoms with Crippen molar-refractivity contribution in [2.24, 2.45) is 23.7 Å². The lowest BCUT2D eigenvalue weighted by molar-refractivity contribution is -0.148. The molecule has 3 rings (SSSR count). The Labute approximate surface area is 399 Å². The van der Waals surface area contributed by atoms with Gasteiger partial charge >= 0.3 is 6.09 Å². The van der Waals surface area contributed by atoms with Gasteiger partial charge in [-0.2, -0.15) is 0 Å². The average molecular weight is 965 g/mol. The number of amides is 6. The summed E-state index contributed by atoms with van der Waals surface area (Å²) in [6.07, 6.45) is 0.360. The maximum atomic E-state index is 14.5. The number of methoxy groups -OCH3 is 3. The molecule has 2 aliphatic rings. The van der Waals surface area contributed by atoms with E-state index in [1.165, 1.54) is 33.3 Å². The van der Waals surface area contributed by atoms with Crippen molar-refractivity contribution in [1.29, 1.82) is 0 Å². The minimum atomic E-state index is -3.91. The van der Waals surface area contributed by atoms with Gasteiger partial charge in [0.1, 0.15) is 29.5 Å². The first-order valence-electron chi connectivity index (χ1n) is 23.6. The van der Waals surface area contributed by atoms with Crippen molar-refractivity contribution in [2.45, 2.75) is 167 Å². The lowest BCUT2D eigenvalue weighted by Crippen LogP contribution is -2.60. The van der Waals surface area contributed by atoms with Crippen LogP contribution in [0.2, 0.25) is 0 Å². The van der Waals surface area contributed by atoms with Crippen LogP contribution >= 0.6 is 0 Å². The normalized spacial score (nSPS) is 19.0. The highest BCUT2D eigenvalue weighted by Gasteiger charge is 2.45. The number of ether oxygens (including phenoxy) is 4. The van der Waals surface area contributed by atoms with Crippen molar-refractivity contribution in [3.63, 3.8) is 0 Å². The van der Waals surface area contributed by atoms with Crippen molar-refractivity contribution in [1.82, 2.24) is 30.1 Å². The maximum Gasteiger partial charge on any atom is 0.410 e. The standard InChI is InChI=1S/C48H80N6O12S/c1-16-30(6)41(52(11)46(59)39(28(2)3)50-45(58)40(29(4)5)53(12)47(60)66-48(8,9)10)37(64-14)27-38(55)54-25-17-18-36(54)42(65-15)31(7)43(56)49-35(26-32-19-21-33(63-13)22-20-32)44(57)51-67(61,62)34-23-24-34/h19-22,28-31,34-37,39-42H,16-18,23-27H2,1-15H3,(H,49,56)(H,50,58)(H,51,57)/t30-,31+,35-,36-,37+,39-,40-,41-,42+/m0/s1. The molecule has 0 spiro atoms. The zero-order valence-electron chi connectivity index (χ0n) is 42.5. The number of nitrogens with one attached hydrogen (secondary N) is 3. The van der Waals surface area contributed by atoms with E-state index in [1.807, 2.05) is 41.5 Å². The Morgan fingerprint density at radius 1 is 0.821 bits per heavy atom. The molecule has 1 saturated carbocycles. The average Bonchev–Trinajstić information content (AvgIpc) is 4.02. The van der Waals surface area contributed by atoms with Gasteiger partial charge in [-0.25, -0.2) is 13.2 Å². The fourth-order valence-electron chi connectivity index (χ4n) is 8.83. The van der Waals surface area contributed by atoms with E-state index in [1.54, 1.807) is 68.8 Å². The number of hydrogen-bond donors (Lipinski definition) is 3. The van der Waals surface area contributed by atoms with Crippen LogP contribution in [-0.4, -0.2) is 154 Å². The van der Waals surface area contributed by atoms with Crippen molar-refractivity contribution < 1.29 is 56.1 Å². The second kappa shape index (κ2) is 24.7. The molecule has 0 aromatic heterocycles. The first-order valence-corrected chi connectivity index (χ1v) is 25.1. The van der Waals surface area contributed by atoms with Crippen molar-refractivity contribution in [3.8, 4) is 5.75 Å². The molecule has 9 atom stereocenters. The molecule has 1 saturated heterocycles. The quantitative estimate of drug-likeness (QED) is 0.132. The van der Waals surface area contributed by atoms with Gasteiger partial charge in [0.05, 0.1) is 49.0 Å². The Kier molecular flexibility index (Phi) is 20.9. The fraction of sp³-hybridized carbons (Fsp3) is 0.750. The molecule has 3 N–H and O–H groups in total. The van der Waals surface area contributed by atoms with Gasteiger partial charge in [0.25, 0.3) is 5.91 Å². The lowest BCUT2D eigenvalue weighted by Gasteiger charge is -2.41. The number of hydrogen-bond acceptors (Lipinski definition) is 12. The fourth-order valence-corrected chi connectivity index (χ4v) is 10.2. The third-order valence-electron chi connectivity index (χ3n) is 12.9. The highest BCUT2D eigenvalue weighted by atomic mass is 32.2. The van der Waals surface area contributed by atoms with Crippen LogP contribution in [0.1, 0.15) is 113 Å². The summed E-state index contributed by atoms with van der Waals surface area (Å²) in [5.41, 5.74) is -0.117. The van der Waals surface area contributed by atoms with Gasteiger partial charge in [-0.3, -0.25) is 33.6 Å². The number of sulfonamides is 1. The molecule has 0 bridgehead atoms. The molecule has 2 fully saturated rings. The van der Waals surface area contributed by atoms with E-state index < -0.39 is 93.0 Å². The molecule has 1 heterocycles. The molecular weight excluding hydrogens is 885 g/mol. The van der Waals surface area contributed by atoms with E-state index in [0.717, 1.165) is 0 Å². The number of rotatable bonds is 24. The van der Waals surface area contributed by atoms with Gasteiger partial charge in [0.2, 0.25) is 33.7 Å². The summed E-state index contributed by atoms with van der Waals surface area (Å²) in [6.45, 7) is 18.5. The molecule has 6 amide bonds. The summed E-state index contributed by atoms with van der Waals surface area (Å²) in [5, 5.41) is 5.06. The summed E-state index contributed by atoms with van der Waals surface area (Å²) in [5.74, 6) is -3.67. The molecule has 1 aliphatic carbocycles. The predicted octanol–water partition coefficient (Wildman–Crippen LogP) is 4.28. The second-order valence-electron chi connectivity index (χ2n) is 19.9. The summed E-state index contributed by atoms with van der Waals surface area (Å²) >= 11 is 0. The van der Waals surface area contributed by atoms with Gasteiger partial charge in [-0.1, -0.05) is 67.0 Å². The van der Waals surface area contributed by atoms with E-state index >= 15 is 0 Å². The van der Waals surface area contributed by atoms with E-state index in [9.17, 15) is 37.2 Å². The first kappa shape index (κ1) is 56.8. The Bertz CT molecular complexity index is 1950. The van der Waals surface area contributed by atoms with Crippen LogP contribution in [0.15, 0.2) is 24.3 Å². The topological polar surface area (TPSA) is 219 Å². The molecule has 1 aromatic rings. The maximum absolute atomic E-state index is 14.5. The molecule has 1 aliphatic heterocycles. The van der Waals surface area contributed by atoms with Gasteiger partial charge in [-0.15, -0.1) is 0 Å². The van der Waals surface area contributed by atoms with E-state index in [2.05, 4.69) is 15.4 Å². The predicted molar refractivity (Wildman–Crippen MR) is 254 cm³/mol. The molecule has 1 aromatic carbocycles. The summed E-state index contributed by atoms with van der Waals surface area (Å²) in [6, 6.07) is 2.59. The Balaban J connectivity index is 1.83. The largest absolute Gasteiger partial charge is 0.497 e. The molecule has 380 valence electrons. The van der Waals surface area contributed by atoms with Crippen molar-refractivity contribution >= 4 is 45.7 Å². The van der Waals surface area contributed by atoms with Crippen LogP contribution in [0.5, 0.6) is 5.75 Å². The highest BCUT2D eigenvalue weighted by Crippen LogP contribution is 2.31. The number of nitrogens with zero attached hydrogens (tertiary/aromatic N) is 3. The molecular formula is C48H80N6O12S. The molecule has 18 nitrogen and oxygen atoms in total. The molecule has 19 heteroatoms. The van der Waals surface area contributed by atoms with E-state index in [0.29, 0.717) is 50.0 Å². The summed E-state index contributed by atoms with van der Waals surface area (Å²) in [4.78, 5) is 88.1. The van der Waals surface area contributed by atoms with Crippen LogP contribution in [0, 0.1) is 23.7 Å².